The summed E-state index contributed by atoms with van der Waals surface area (Å²) in [6, 6.07) is 0. The maximum atomic E-state index is 10.4. The Labute approximate surface area is 52.3 Å². The van der Waals surface area contributed by atoms with Crippen LogP contribution in [0.5, 0.6) is 0 Å². The molecule has 0 spiro atoms. The number of carbonyl (C=O) groups excluding carboxylic acids is 1. The summed E-state index contributed by atoms with van der Waals surface area (Å²) in [7, 11) is 0. The number of hydrogen-bond acceptors (Lipinski definition) is 2. The molecule has 0 aliphatic carbocycles. The number of amides is 1. The molecule has 0 bridgehead atoms. The van der Waals surface area contributed by atoms with Crippen LogP contribution in [0.15, 0.2) is 11.1 Å². The molecule has 0 saturated carbocycles. The highest BCUT2D eigenvalue weighted by Gasteiger charge is 2.12. The molecule has 2 nitrogen and oxygen atoms in total. The Kier molecular flexibility index (Phi) is 1.58. The number of thioether (sulfide) groups is 1. The molecule has 1 heterocycles. The molecule has 0 atom stereocenters. The summed E-state index contributed by atoms with van der Waals surface area (Å²) in [5.74, 6) is 0.697. The molecule has 0 aromatic heterocycles. The van der Waals surface area contributed by atoms with Crippen molar-refractivity contribution in [2.45, 2.75) is 6.92 Å². The van der Waals surface area contributed by atoms with Gasteiger partial charge in [-0.2, -0.15) is 0 Å². The normalized spacial score (nSPS) is 24.1. The van der Waals surface area contributed by atoms with E-state index in [2.05, 4.69) is 5.32 Å². The third-order valence-corrected chi connectivity index (χ3v) is 1.94. The number of rotatable bonds is 0. The fraction of sp³-hybridized carbons (Fsp3) is 0.400. The van der Waals surface area contributed by atoms with E-state index in [1.807, 2.05) is 13.0 Å². The van der Waals surface area contributed by atoms with Crippen LogP contribution in [-0.2, 0) is 4.79 Å². The summed E-state index contributed by atoms with van der Waals surface area (Å²) in [5, 5.41) is 3.67. The maximum absolute atomic E-state index is 10.4. The highest BCUT2D eigenvalue weighted by atomic mass is 32.2. The lowest BCUT2D eigenvalue weighted by atomic mass is 10.6. The number of carbonyl (C=O) groups is 1. The molecule has 1 rings (SSSR count). The van der Waals surface area contributed by atoms with Gasteiger partial charge in [-0.1, -0.05) is 17.8 Å². The van der Waals surface area contributed by atoms with E-state index in [0.717, 1.165) is 5.03 Å². The van der Waals surface area contributed by atoms with Crippen molar-refractivity contribution >= 4 is 17.7 Å². The zero-order chi connectivity index (χ0) is 5.98. The molecule has 0 aromatic rings. The minimum absolute atomic E-state index is 0.114. The van der Waals surface area contributed by atoms with Gasteiger partial charge >= 0.3 is 0 Å². The molecule has 1 fully saturated rings. The second-order valence-corrected chi connectivity index (χ2v) is 2.51. The number of hydrogen-bond donors (Lipinski definition) is 1. The van der Waals surface area contributed by atoms with E-state index >= 15 is 0 Å². The van der Waals surface area contributed by atoms with Gasteiger partial charge in [-0.05, 0) is 6.92 Å². The lowest BCUT2D eigenvalue weighted by Crippen LogP contribution is -2.13. The molecule has 1 aliphatic heterocycles. The Balaban J connectivity index is 2.56. The minimum Gasteiger partial charge on any atom is -0.320 e. The van der Waals surface area contributed by atoms with Crippen LogP contribution in [0.2, 0.25) is 0 Å². The van der Waals surface area contributed by atoms with E-state index in [1.54, 1.807) is 11.8 Å². The summed E-state index contributed by atoms with van der Waals surface area (Å²) >= 11 is 1.55. The average Bonchev–Trinajstić information content (AvgIpc) is 2.14. The van der Waals surface area contributed by atoms with Crippen molar-refractivity contribution in [3.63, 3.8) is 0 Å². The molecule has 1 N–H and O–H groups in total. The van der Waals surface area contributed by atoms with Crippen molar-refractivity contribution < 1.29 is 4.79 Å². The van der Waals surface area contributed by atoms with Gasteiger partial charge in [0.25, 0.3) is 0 Å². The summed E-state index contributed by atoms with van der Waals surface area (Å²) in [4.78, 5) is 10.4. The summed E-state index contributed by atoms with van der Waals surface area (Å²) in [5.41, 5.74) is 0. The Bertz CT molecular complexity index is 141. The number of nitrogens with one attached hydrogen (secondary N) is 1. The molecule has 8 heavy (non-hydrogen) atoms. The van der Waals surface area contributed by atoms with Gasteiger partial charge in [-0.15, -0.1) is 0 Å². The summed E-state index contributed by atoms with van der Waals surface area (Å²) in [6.45, 7) is 1.91. The highest BCUT2D eigenvalue weighted by Crippen LogP contribution is 2.17. The van der Waals surface area contributed by atoms with Crippen LogP contribution in [-0.4, -0.2) is 11.7 Å². The zero-order valence-corrected chi connectivity index (χ0v) is 5.42. The SMILES string of the molecule is CC=C1NC(=O)CS1. The Hall–Kier alpha value is -0.440. The molecule has 0 aromatic carbocycles. The first-order chi connectivity index (χ1) is 3.83. The first-order valence-electron chi connectivity index (χ1n) is 2.42. The Morgan fingerprint density at radius 2 is 2.62 bits per heavy atom. The van der Waals surface area contributed by atoms with Crippen LogP contribution >= 0.6 is 11.8 Å². The quantitative estimate of drug-likeness (QED) is 0.522. The van der Waals surface area contributed by atoms with Crippen molar-refractivity contribution in [3.8, 4) is 0 Å². The summed E-state index contributed by atoms with van der Waals surface area (Å²) < 4.78 is 0. The van der Waals surface area contributed by atoms with Crippen molar-refractivity contribution in [3.05, 3.63) is 11.1 Å². The van der Waals surface area contributed by atoms with E-state index in [9.17, 15) is 4.79 Å². The monoisotopic (exact) mass is 129 g/mol. The van der Waals surface area contributed by atoms with Crippen molar-refractivity contribution in [2.24, 2.45) is 0 Å². The molecule has 1 saturated heterocycles. The van der Waals surface area contributed by atoms with Crippen molar-refractivity contribution in [1.29, 1.82) is 0 Å². The minimum atomic E-state index is 0.114. The maximum Gasteiger partial charge on any atom is 0.235 e. The van der Waals surface area contributed by atoms with Gasteiger partial charge in [-0.3, -0.25) is 4.79 Å². The van der Waals surface area contributed by atoms with Crippen LogP contribution < -0.4 is 5.32 Å². The van der Waals surface area contributed by atoms with Crippen molar-refractivity contribution in [1.82, 2.24) is 5.32 Å². The molecular weight excluding hydrogens is 122 g/mol. The molecule has 0 radical (unpaired) electrons. The zero-order valence-electron chi connectivity index (χ0n) is 4.60. The largest absolute Gasteiger partial charge is 0.320 e. The lowest BCUT2D eigenvalue weighted by Gasteiger charge is -1.88. The van der Waals surface area contributed by atoms with Gasteiger partial charge in [-0.25, -0.2) is 0 Å². The fourth-order valence-corrected chi connectivity index (χ4v) is 1.22. The molecule has 1 amide bonds. The smallest absolute Gasteiger partial charge is 0.235 e. The van der Waals surface area contributed by atoms with Gasteiger partial charge < -0.3 is 5.32 Å². The average molecular weight is 129 g/mol. The van der Waals surface area contributed by atoms with Crippen LogP contribution in [0, 0.1) is 0 Å². The van der Waals surface area contributed by atoms with E-state index in [4.69, 9.17) is 0 Å². The van der Waals surface area contributed by atoms with E-state index in [-0.39, 0.29) is 5.91 Å². The van der Waals surface area contributed by atoms with E-state index < -0.39 is 0 Å². The van der Waals surface area contributed by atoms with Crippen LogP contribution in [0.25, 0.3) is 0 Å². The van der Waals surface area contributed by atoms with Gasteiger partial charge in [0.05, 0.1) is 10.8 Å². The van der Waals surface area contributed by atoms with Gasteiger partial charge in [0.15, 0.2) is 0 Å². The molecular formula is C5H7NOS. The van der Waals surface area contributed by atoms with Gasteiger partial charge in [0, 0.05) is 0 Å². The van der Waals surface area contributed by atoms with Crippen LogP contribution in [0.3, 0.4) is 0 Å². The van der Waals surface area contributed by atoms with Crippen molar-refractivity contribution in [2.75, 3.05) is 5.75 Å². The molecule has 3 heteroatoms. The molecule has 1 aliphatic rings. The van der Waals surface area contributed by atoms with E-state index in [1.165, 1.54) is 0 Å². The third kappa shape index (κ3) is 1.04. The van der Waals surface area contributed by atoms with Crippen LogP contribution in [0.4, 0.5) is 0 Å². The fourth-order valence-electron chi connectivity index (χ4n) is 0.508. The van der Waals surface area contributed by atoms with Crippen LogP contribution in [0.1, 0.15) is 6.92 Å². The first kappa shape index (κ1) is 5.69. The predicted molar refractivity (Wildman–Crippen MR) is 34.4 cm³/mol. The van der Waals surface area contributed by atoms with E-state index in [0.29, 0.717) is 5.75 Å². The standard InChI is InChI=1S/C5H7NOS/c1-2-5-6-4(7)3-8-5/h2H,3H2,1H3,(H,6,7). The summed E-state index contributed by atoms with van der Waals surface area (Å²) in [6.07, 6.45) is 1.90. The first-order valence-corrected chi connectivity index (χ1v) is 3.40. The second-order valence-electron chi connectivity index (χ2n) is 1.49. The topological polar surface area (TPSA) is 29.1 Å². The third-order valence-electron chi connectivity index (χ3n) is 0.884. The second kappa shape index (κ2) is 2.22. The molecule has 44 valence electrons. The Morgan fingerprint density at radius 3 is 2.88 bits per heavy atom. The number of allylic oxidation sites excluding steroid dienone is 1. The van der Waals surface area contributed by atoms with Gasteiger partial charge in [0.2, 0.25) is 5.91 Å². The highest BCUT2D eigenvalue weighted by molar-refractivity contribution is 8.04. The Morgan fingerprint density at radius 1 is 1.88 bits per heavy atom. The predicted octanol–water partition coefficient (Wildman–Crippen LogP) is 0.711. The van der Waals surface area contributed by atoms with Gasteiger partial charge in [0.1, 0.15) is 0 Å². The molecule has 0 unspecified atom stereocenters. The lowest BCUT2D eigenvalue weighted by molar-refractivity contribution is -0.117.